The van der Waals surface area contributed by atoms with E-state index in [9.17, 15) is 14.4 Å². The van der Waals surface area contributed by atoms with Gasteiger partial charge in [-0.1, -0.05) is 41.4 Å². The number of ketones is 1. The maximum atomic E-state index is 12.6. The van der Waals surface area contributed by atoms with Crippen molar-refractivity contribution < 1.29 is 19.1 Å². The first-order chi connectivity index (χ1) is 14.3. The molecule has 154 valence electrons. The molecule has 0 aliphatic carbocycles. The quantitative estimate of drug-likeness (QED) is 0.349. The maximum Gasteiger partial charge on any atom is 0.380 e. The molecule has 30 heavy (non-hydrogen) atoms. The van der Waals surface area contributed by atoms with E-state index in [2.05, 4.69) is 10.4 Å². The molecule has 0 aliphatic heterocycles. The standard InChI is InChI=1S/C21H17Cl2N3O4/c1-12-19(13(2)26(25-12)15-6-4-3-5-7-15)20(28)21(29)30-11-18(27)24-17-10-14(22)8-9-16(17)23/h3-10H,11H2,1-2H3,(H,24,27). The highest BCUT2D eigenvalue weighted by molar-refractivity contribution is 6.41. The number of para-hydroxylation sites is 1. The van der Waals surface area contributed by atoms with Gasteiger partial charge in [-0.3, -0.25) is 9.59 Å². The third-order valence-corrected chi connectivity index (χ3v) is 4.81. The zero-order valence-electron chi connectivity index (χ0n) is 16.1. The second-order valence-corrected chi connectivity index (χ2v) is 7.21. The molecule has 1 heterocycles. The van der Waals surface area contributed by atoms with Crippen molar-refractivity contribution in [1.82, 2.24) is 9.78 Å². The molecule has 0 atom stereocenters. The van der Waals surface area contributed by atoms with Crippen LogP contribution in [0.25, 0.3) is 5.69 Å². The van der Waals surface area contributed by atoms with E-state index in [1.54, 1.807) is 24.6 Å². The van der Waals surface area contributed by atoms with Crippen molar-refractivity contribution in [3.05, 3.63) is 75.5 Å². The lowest BCUT2D eigenvalue weighted by molar-refractivity contribution is -0.142. The first kappa shape index (κ1) is 21.5. The third-order valence-electron chi connectivity index (χ3n) is 4.24. The van der Waals surface area contributed by atoms with Crippen LogP contribution in [0.15, 0.2) is 48.5 Å². The zero-order chi connectivity index (χ0) is 21.8. The lowest BCUT2D eigenvalue weighted by Gasteiger charge is -2.08. The van der Waals surface area contributed by atoms with Crippen LogP contribution in [0.5, 0.6) is 0 Å². The molecule has 1 amide bonds. The highest BCUT2D eigenvalue weighted by Gasteiger charge is 2.27. The van der Waals surface area contributed by atoms with Crippen LogP contribution in [0.4, 0.5) is 5.69 Å². The monoisotopic (exact) mass is 445 g/mol. The van der Waals surface area contributed by atoms with Gasteiger partial charge in [-0.25, -0.2) is 9.48 Å². The second-order valence-electron chi connectivity index (χ2n) is 6.37. The van der Waals surface area contributed by atoms with E-state index in [0.717, 1.165) is 5.69 Å². The Morgan fingerprint density at radius 1 is 1.07 bits per heavy atom. The van der Waals surface area contributed by atoms with Crippen molar-refractivity contribution in [3.8, 4) is 5.69 Å². The molecule has 1 N–H and O–H groups in total. The van der Waals surface area contributed by atoms with Gasteiger partial charge in [-0.15, -0.1) is 0 Å². The van der Waals surface area contributed by atoms with Crippen molar-refractivity contribution in [1.29, 1.82) is 0 Å². The SMILES string of the molecule is Cc1nn(-c2ccccc2)c(C)c1C(=O)C(=O)OCC(=O)Nc1cc(Cl)ccc1Cl. The number of carbonyl (C=O) groups is 3. The van der Waals surface area contributed by atoms with Gasteiger partial charge in [-0.05, 0) is 44.2 Å². The number of ether oxygens (including phenoxy) is 1. The Labute approximate surface area is 182 Å². The summed E-state index contributed by atoms with van der Waals surface area (Å²) in [4.78, 5) is 36.9. The van der Waals surface area contributed by atoms with Gasteiger partial charge in [0.2, 0.25) is 0 Å². The normalized spacial score (nSPS) is 10.5. The lowest BCUT2D eigenvalue weighted by atomic mass is 10.1. The molecule has 2 aromatic carbocycles. The van der Waals surface area contributed by atoms with E-state index in [1.165, 1.54) is 12.1 Å². The van der Waals surface area contributed by atoms with E-state index in [1.807, 2.05) is 30.3 Å². The molecule has 0 bridgehead atoms. The number of carbonyl (C=O) groups excluding carboxylic acids is 3. The molecule has 0 saturated carbocycles. The van der Waals surface area contributed by atoms with Crippen LogP contribution in [0.3, 0.4) is 0 Å². The van der Waals surface area contributed by atoms with Crippen LogP contribution >= 0.6 is 23.2 Å². The topological polar surface area (TPSA) is 90.3 Å². The first-order valence-corrected chi connectivity index (χ1v) is 9.61. The fourth-order valence-corrected chi connectivity index (χ4v) is 3.21. The van der Waals surface area contributed by atoms with Crippen LogP contribution < -0.4 is 5.32 Å². The maximum absolute atomic E-state index is 12.6. The van der Waals surface area contributed by atoms with Gasteiger partial charge in [0.15, 0.2) is 6.61 Å². The molecule has 0 unspecified atom stereocenters. The molecule has 0 spiro atoms. The summed E-state index contributed by atoms with van der Waals surface area (Å²) in [6, 6.07) is 13.7. The summed E-state index contributed by atoms with van der Waals surface area (Å²) in [6.45, 7) is 2.65. The molecule has 9 heteroatoms. The molecule has 0 radical (unpaired) electrons. The van der Waals surface area contributed by atoms with Crippen molar-refractivity contribution >= 4 is 46.5 Å². The van der Waals surface area contributed by atoms with E-state index >= 15 is 0 Å². The van der Waals surface area contributed by atoms with E-state index in [4.69, 9.17) is 27.9 Å². The number of hydrogen-bond acceptors (Lipinski definition) is 5. The summed E-state index contributed by atoms with van der Waals surface area (Å²) < 4.78 is 6.45. The number of aromatic nitrogens is 2. The minimum atomic E-state index is -1.15. The molecule has 0 saturated heterocycles. The minimum absolute atomic E-state index is 0.141. The number of nitrogens with one attached hydrogen (secondary N) is 1. The number of rotatable bonds is 6. The van der Waals surface area contributed by atoms with Crippen LogP contribution in [0.1, 0.15) is 21.7 Å². The Hall–Kier alpha value is -3.16. The largest absolute Gasteiger partial charge is 0.450 e. The van der Waals surface area contributed by atoms with E-state index < -0.39 is 24.3 Å². The molecular weight excluding hydrogens is 429 g/mol. The summed E-state index contributed by atoms with van der Waals surface area (Å²) in [5.41, 5.74) is 2.04. The van der Waals surface area contributed by atoms with E-state index in [-0.39, 0.29) is 16.3 Å². The average molecular weight is 446 g/mol. The summed E-state index contributed by atoms with van der Waals surface area (Å²) in [5.74, 6) is -2.68. The summed E-state index contributed by atoms with van der Waals surface area (Å²) in [6.07, 6.45) is 0. The smallest absolute Gasteiger partial charge is 0.380 e. The molecule has 3 aromatic rings. The fourth-order valence-electron chi connectivity index (χ4n) is 2.87. The third kappa shape index (κ3) is 4.69. The first-order valence-electron chi connectivity index (χ1n) is 8.86. The Kier molecular flexibility index (Phi) is 6.54. The fraction of sp³-hybridized carbons (Fsp3) is 0.143. The van der Waals surface area contributed by atoms with Gasteiger partial charge >= 0.3 is 5.97 Å². The number of Topliss-reactive ketones (excluding diaryl/α,β-unsaturated/α-hetero) is 1. The van der Waals surface area contributed by atoms with Gasteiger partial charge in [0.1, 0.15) is 0 Å². The number of hydrogen-bond donors (Lipinski definition) is 1. The summed E-state index contributed by atoms with van der Waals surface area (Å²) in [7, 11) is 0. The van der Waals surface area contributed by atoms with Crippen LogP contribution in [-0.4, -0.2) is 34.0 Å². The Balaban J connectivity index is 1.68. The predicted molar refractivity (Wildman–Crippen MR) is 113 cm³/mol. The molecule has 0 fully saturated rings. The minimum Gasteiger partial charge on any atom is -0.450 e. The van der Waals surface area contributed by atoms with Crippen LogP contribution in [-0.2, 0) is 14.3 Å². The number of anilines is 1. The number of esters is 1. The highest BCUT2D eigenvalue weighted by atomic mass is 35.5. The predicted octanol–water partition coefficient (Wildman–Crippen LogP) is 4.16. The zero-order valence-corrected chi connectivity index (χ0v) is 17.6. The van der Waals surface area contributed by atoms with E-state index in [0.29, 0.717) is 16.4 Å². The van der Waals surface area contributed by atoms with Crippen LogP contribution in [0, 0.1) is 13.8 Å². The molecule has 1 aromatic heterocycles. The second kappa shape index (κ2) is 9.11. The van der Waals surface area contributed by atoms with Gasteiger partial charge < -0.3 is 10.1 Å². The van der Waals surface area contributed by atoms with Gasteiger partial charge in [0, 0.05) is 5.02 Å². The summed E-state index contributed by atoms with van der Waals surface area (Å²) in [5, 5.41) is 7.46. The number of aryl methyl sites for hydroxylation is 1. The van der Waals surface area contributed by atoms with Gasteiger partial charge in [-0.2, -0.15) is 5.10 Å². The van der Waals surface area contributed by atoms with Crippen molar-refractivity contribution in [2.75, 3.05) is 11.9 Å². The summed E-state index contributed by atoms with van der Waals surface area (Å²) >= 11 is 11.8. The number of amides is 1. The van der Waals surface area contributed by atoms with Crippen LogP contribution in [0.2, 0.25) is 10.0 Å². The average Bonchev–Trinajstić information content (AvgIpc) is 3.03. The van der Waals surface area contributed by atoms with Gasteiger partial charge in [0.05, 0.1) is 33.3 Å². The number of nitrogens with zero attached hydrogens (tertiary/aromatic N) is 2. The highest BCUT2D eigenvalue weighted by Crippen LogP contribution is 2.25. The Morgan fingerprint density at radius 2 is 1.77 bits per heavy atom. The van der Waals surface area contributed by atoms with Crippen molar-refractivity contribution in [2.45, 2.75) is 13.8 Å². The number of halogens is 2. The Bertz CT molecular complexity index is 1130. The van der Waals surface area contributed by atoms with Gasteiger partial charge in [0.25, 0.3) is 11.7 Å². The molecular formula is C21H17Cl2N3O4. The van der Waals surface area contributed by atoms with Crippen molar-refractivity contribution in [2.24, 2.45) is 0 Å². The molecule has 0 aliphatic rings. The van der Waals surface area contributed by atoms with Crippen molar-refractivity contribution in [3.63, 3.8) is 0 Å². The lowest BCUT2D eigenvalue weighted by Crippen LogP contribution is -2.25. The molecule has 3 rings (SSSR count). The Morgan fingerprint density at radius 3 is 2.47 bits per heavy atom. The number of benzene rings is 2. The molecule has 7 nitrogen and oxygen atoms in total.